The fourth-order valence-electron chi connectivity index (χ4n) is 4.54. The summed E-state index contributed by atoms with van der Waals surface area (Å²) >= 11 is 0. The van der Waals surface area contributed by atoms with Gasteiger partial charge in [-0.15, -0.1) is 0 Å². The third-order valence-electron chi connectivity index (χ3n) is 5.53. The highest BCUT2D eigenvalue weighted by Gasteiger charge is 2.42. The molecule has 4 atom stereocenters. The lowest BCUT2D eigenvalue weighted by molar-refractivity contribution is -0.148. The third-order valence-corrected chi connectivity index (χ3v) is 5.53. The number of nitrogens with zero attached hydrogens (tertiary/aromatic N) is 1. The molecule has 0 aromatic carbocycles. The van der Waals surface area contributed by atoms with Crippen LogP contribution in [0.3, 0.4) is 0 Å². The van der Waals surface area contributed by atoms with Crippen molar-refractivity contribution in [3.63, 3.8) is 0 Å². The number of likely N-dealkylation sites (N-methyl/N-ethyl adjacent to an activating group) is 1. The molecule has 0 aromatic rings. The molecule has 0 aromatic heterocycles. The van der Waals surface area contributed by atoms with E-state index in [0.29, 0.717) is 6.04 Å². The SMILES string of the molecule is CCNC(C)(CC(C)N1CCC2CCCCC21)C(=O)OC. The van der Waals surface area contributed by atoms with Crippen LogP contribution in [0, 0.1) is 5.92 Å². The number of likely N-dealkylation sites (tertiary alicyclic amines) is 1. The molecule has 2 fully saturated rings. The molecule has 0 bridgehead atoms. The Bertz CT molecular complexity index is 361. The van der Waals surface area contributed by atoms with Crippen molar-refractivity contribution in [1.82, 2.24) is 10.2 Å². The third kappa shape index (κ3) is 3.59. The number of fused-ring (bicyclic) bond motifs is 1. The summed E-state index contributed by atoms with van der Waals surface area (Å²) in [5.41, 5.74) is -0.574. The summed E-state index contributed by atoms with van der Waals surface area (Å²) in [6.07, 6.45) is 7.66. The van der Waals surface area contributed by atoms with Gasteiger partial charge in [-0.2, -0.15) is 0 Å². The lowest BCUT2D eigenvalue weighted by Gasteiger charge is -2.39. The molecule has 0 radical (unpaired) electrons. The zero-order valence-electron chi connectivity index (χ0n) is 14.2. The fraction of sp³-hybridized carbons (Fsp3) is 0.941. The minimum atomic E-state index is -0.574. The quantitative estimate of drug-likeness (QED) is 0.765. The van der Waals surface area contributed by atoms with Gasteiger partial charge in [0.1, 0.15) is 5.54 Å². The lowest BCUT2D eigenvalue weighted by atomic mass is 9.84. The van der Waals surface area contributed by atoms with Crippen molar-refractivity contribution >= 4 is 5.97 Å². The molecule has 4 nitrogen and oxygen atoms in total. The predicted molar refractivity (Wildman–Crippen MR) is 85.2 cm³/mol. The normalized spacial score (nSPS) is 30.5. The fourth-order valence-corrected chi connectivity index (χ4v) is 4.54. The molecule has 0 spiro atoms. The number of hydrogen-bond acceptors (Lipinski definition) is 4. The van der Waals surface area contributed by atoms with Crippen molar-refractivity contribution in [2.45, 2.75) is 76.9 Å². The molecule has 1 aliphatic carbocycles. The molecule has 1 saturated carbocycles. The first-order valence-corrected chi connectivity index (χ1v) is 8.61. The molecule has 21 heavy (non-hydrogen) atoms. The molecule has 1 N–H and O–H groups in total. The number of nitrogens with one attached hydrogen (secondary N) is 1. The maximum atomic E-state index is 12.2. The van der Waals surface area contributed by atoms with E-state index in [0.717, 1.165) is 24.9 Å². The summed E-state index contributed by atoms with van der Waals surface area (Å²) < 4.78 is 5.02. The van der Waals surface area contributed by atoms with Gasteiger partial charge in [0.25, 0.3) is 0 Å². The second-order valence-corrected chi connectivity index (χ2v) is 7.05. The summed E-state index contributed by atoms with van der Waals surface area (Å²) in [6, 6.07) is 1.17. The van der Waals surface area contributed by atoms with E-state index in [9.17, 15) is 4.79 Å². The van der Waals surface area contributed by atoms with Crippen molar-refractivity contribution in [3.05, 3.63) is 0 Å². The van der Waals surface area contributed by atoms with E-state index in [1.165, 1.54) is 45.8 Å². The maximum absolute atomic E-state index is 12.2. The smallest absolute Gasteiger partial charge is 0.325 e. The monoisotopic (exact) mass is 296 g/mol. The van der Waals surface area contributed by atoms with E-state index in [1.807, 2.05) is 13.8 Å². The van der Waals surface area contributed by atoms with Crippen molar-refractivity contribution < 1.29 is 9.53 Å². The number of ether oxygens (including phenoxy) is 1. The molecule has 2 aliphatic rings. The van der Waals surface area contributed by atoms with Gasteiger partial charge < -0.3 is 10.1 Å². The second-order valence-electron chi connectivity index (χ2n) is 7.05. The largest absolute Gasteiger partial charge is 0.468 e. The van der Waals surface area contributed by atoms with Crippen molar-refractivity contribution in [3.8, 4) is 0 Å². The Kier molecular flexibility index (Phi) is 5.67. The van der Waals surface area contributed by atoms with Crippen LogP contribution in [-0.2, 0) is 9.53 Å². The summed E-state index contributed by atoms with van der Waals surface area (Å²) in [4.78, 5) is 14.8. The lowest BCUT2D eigenvalue weighted by Crippen LogP contribution is -2.54. The predicted octanol–water partition coefficient (Wildman–Crippen LogP) is 2.57. The van der Waals surface area contributed by atoms with E-state index in [1.54, 1.807) is 0 Å². The van der Waals surface area contributed by atoms with Gasteiger partial charge in [-0.3, -0.25) is 9.69 Å². The molecular formula is C17H32N2O2. The number of rotatable bonds is 6. The van der Waals surface area contributed by atoms with Crippen LogP contribution >= 0.6 is 0 Å². The standard InChI is InChI=1S/C17H32N2O2/c1-5-18-17(3,16(20)21-4)12-13(2)19-11-10-14-8-6-7-9-15(14)19/h13-15,18H,5-12H2,1-4H3. The minimum Gasteiger partial charge on any atom is -0.468 e. The zero-order chi connectivity index (χ0) is 15.5. The number of hydrogen-bond donors (Lipinski definition) is 1. The van der Waals surface area contributed by atoms with Crippen molar-refractivity contribution in [2.75, 3.05) is 20.2 Å². The average Bonchev–Trinajstić information content (AvgIpc) is 2.90. The Morgan fingerprint density at radius 2 is 2.10 bits per heavy atom. The Balaban J connectivity index is 2.01. The Labute approximate surface area is 129 Å². The molecule has 0 amide bonds. The van der Waals surface area contributed by atoms with E-state index in [4.69, 9.17) is 4.74 Å². The topological polar surface area (TPSA) is 41.6 Å². The highest BCUT2D eigenvalue weighted by atomic mass is 16.5. The number of methoxy groups -OCH3 is 1. The van der Waals surface area contributed by atoms with Crippen LogP contribution in [0.15, 0.2) is 0 Å². The molecule has 2 rings (SSSR count). The number of carbonyl (C=O) groups is 1. The highest BCUT2D eigenvalue weighted by Crippen LogP contribution is 2.38. The molecule has 4 heteroatoms. The van der Waals surface area contributed by atoms with Crippen LogP contribution in [0.5, 0.6) is 0 Å². The van der Waals surface area contributed by atoms with Crippen LogP contribution in [-0.4, -0.2) is 48.7 Å². The summed E-state index contributed by atoms with van der Waals surface area (Å²) in [5, 5.41) is 3.33. The first-order chi connectivity index (χ1) is 10.0. The summed E-state index contributed by atoms with van der Waals surface area (Å²) in [6.45, 7) is 8.27. The minimum absolute atomic E-state index is 0.143. The van der Waals surface area contributed by atoms with E-state index in [-0.39, 0.29) is 5.97 Å². The summed E-state index contributed by atoms with van der Waals surface area (Å²) in [7, 11) is 1.48. The second kappa shape index (κ2) is 7.10. The van der Waals surface area contributed by atoms with Gasteiger partial charge in [0.15, 0.2) is 0 Å². The molecule has 1 aliphatic heterocycles. The Hall–Kier alpha value is -0.610. The average molecular weight is 296 g/mol. The van der Waals surface area contributed by atoms with Crippen LogP contribution in [0.1, 0.15) is 59.3 Å². The molecule has 4 unspecified atom stereocenters. The van der Waals surface area contributed by atoms with Gasteiger partial charge in [0, 0.05) is 12.1 Å². The van der Waals surface area contributed by atoms with Crippen LogP contribution in [0.25, 0.3) is 0 Å². The van der Waals surface area contributed by atoms with Gasteiger partial charge in [-0.05, 0) is 58.5 Å². The van der Waals surface area contributed by atoms with Gasteiger partial charge in [-0.25, -0.2) is 0 Å². The van der Waals surface area contributed by atoms with Gasteiger partial charge >= 0.3 is 5.97 Å². The molecular weight excluding hydrogens is 264 g/mol. The van der Waals surface area contributed by atoms with Gasteiger partial charge in [0.2, 0.25) is 0 Å². The van der Waals surface area contributed by atoms with Crippen LogP contribution in [0.4, 0.5) is 0 Å². The van der Waals surface area contributed by atoms with Crippen molar-refractivity contribution in [2.24, 2.45) is 5.92 Å². The molecule has 122 valence electrons. The molecule has 1 saturated heterocycles. The zero-order valence-corrected chi connectivity index (χ0v) is 14.2. The Morgan fingerprint density at radius 1 is 1.38 bits per heavy atom. The van der Waals surface area contributed by atoms with Crippen LogP contribution < -0.4 is 5.32 Å². The molecule has 1 heterocycles. The first-order valence-electron chi connectivity index (χ1n) is 8.61. The summed E-state index contributed by atoms with van der Waals surface area (Å²) in [5.74, 6) is 0.750. The van der Waals surface area contributed by atoms with Gasteiger partial charge in [-0.1, -0.05) is 19.8 Å². The highest BCUT2D eigenvalue weighted by molar-refractivity contribution is 5.80. The van der Waals surface area contributed by atoms with E-state index < -0.39 is 5.54 Å². The number of carbonyl (C=O) groups excluding carboxylic acids is 1. The van der Waals surface area contributed by atoms with E-state index in [2.05, 4.69) is 17.1 Å². The number of esters is 1. The first kappa shape index (κ1) is 16.8. The van der Waals surface area contributed by atoms with Crippen LogP contribution in [0.2, 0.25) is 0 Å². The van der Waals surface area contributed by atoms with Gasteiger partial charge in [0.05, 0.1) is 7.11 Å². The Morgan fingerprint density at radius 3 is 2.76 bits per heavy atom. The van der Waals surface area contributed by atoms with E-state index >= 15 is 0 Å². The maximum Gasteiger partial charge on any atom is 0.325 e. The van der Waals surface area contributed by atoms with Crippen molar-refractivity contribution in [1.29, 1.82) is 0 Å².